The average Bonchev–Trinajstić information content (AvgIpc) is 2.48. The first-order valence-corrected chi connectivity index (χ1v) is 8.28. The summed E-state index contributed by atoms with van der Waals surface area (Å²) in [5, 5.41) is 11.3. The van der Waals surface area contributed by atoms with Crippen LogP contribution in [0.2, 0.25) is 0 Å². The van der Waals surface area contributed by atoms with Gasteiger partial charge < -0.3 is 10.7 Å². The summed E-state index contributed by atoms with van der Waals surface area (Å²) in [5.41, 5.74) is 3.08. The second kappa shape index (κ2) is 6.80. The van der Waals surface area contributed by atoms with E-state index < -0.39 is 0 Å². The van der Waals surface area contributed by atoms with E-state index in [2.05, 4.69) is 29.3 Å². The highest BCUT2D eigenvalue weighted by Crippen LogP contribution is 2.26. The highest BCUT2D eigenvalue weighted by atomic mass is 14.9. The van der Waals surface area contributed by atoms with Gasteiger partial charge in [-0.2, -0.15) is 0 Å². The lowest BCUT2D eigenvalue weighted by atomic mass is 9.86. The molecule has 110 valence electrons. The van der Waals surface area contributed by atoms with Gasteiger partial charge in [0, 0.05) is 35.0 Å². The highest BCUT2D eigenvalue weighted by molar-refractivity contribution is 5.86. The molecule has 2 nitrogen and oxygen atoms in total. The van der Waals surface area contributed by atoms with Gasteiger partial charge in [-0.3, -0.25) is 0 Å². The first kappa shape index (κ1) is 14.2. The first-order valence-electron chi connectivity index (χ1n) is 8.28. The van der Waals surface area contributed by atoms with Gasteiger partial charge in [0.05, 0.1) is 0 Å². The maximum absolute atomic E-state index is 7.65. The molecule has 0 bridgehead atoms. The Labute approximate surface area is 127 Å². The van der Waals surface area contributed by atoms with E-state index in [9.17, 15) is 0 Å². The zero-order valence-corrected chi connectivity index (χ0v) is 12.6. The van der Waals surface area contributed by atoms with Crippen molar-refractivity contribution in [2.45, 2.75) is 57.4 Å². The third-order valence-electron chi connectivity index (χ3n) is 4.70. The molecule has 0 radical (unpaired) electrons. The quantitative estimate of drug-likeness (QED) is 0.617. The molecular weight excluding hydrogens is 256 g/mol. The van der Waals surface area contributed by atoms with Crippen molar-refractivity contribution < 1.29 is 0 Å². The molecule has 0 aromatic heterocycles. The molecule has 0 saturated heterocycles. The van der Waals surface area contributed by atoms with Crippen LogP contribution in [-0.2, 0) is 0 Å². The lowest BCUT2D eigenvalue weighted by Gasteiger charge is -2.24. The van der Waals surface area contributed by atoms with E-state index in [4.69, 9.17) is 5.41 Å². The van der Waals surface area contributed by atoms with Crippen LogP contribution in [0.5, 0.6) is 0 Å². The van der Waals surface area contributed by atoms with Gasteiger partial charge in [0.2, 0.25) is 0 Å². The van der Waals surface area contributed by atoms with Crippen LogP contribution >= 0.6 is 0 Å². The molecule has 1 aromatic rings. The molecular formula is C19H24N2. The van der Waals surface area contributed by atoms with Gasteiger partial charge >= 0.3 is 0 Å². The third kappa shape index (κ3) is 3.67. The van der Waals surface area contributed by atoms with Gasteiger partial charge in [0.25, 0.3) is 0 Å². The molecule has 0 atom stereocenters. The zero-order chi connectivity index (χ0) is 14.5. The Bertz CT molecular complexity index is 555. The van der Waals surface area contributed by atoms with Crippen molar-refractivity contribution in [1.29, 1.82) is 5.41 Å². The van der Waals surface area contributed by atoms with Crippen LogP contribution in [-0.4, -0.2) is 12.3 Å². The van der Waals surface area contributed by atoms with Gasteiger partial charge in [0.15, 0.2) is 0 Å². The molecule has 2 saturated carbocycles. The summed E-state index contributed by atoms with van der Waals surface area (Å²) >= 11 is 0. The van der Waals surface area contributed by atoms with Crippen molar-refractivity contribution in [3.63, 3.8) is 0 Å². The Hall–Kier alpha value is -1.75. The van der Waals surface area contributed by atoms with Crippen molar-refractivity contribution in [3.8, 4) is 11.8 Å². The maximum atomic E-state index is 7.65. The molecule has 2 fully saturated rings. The van der Waals surface area contributed by atoms with Crippen molar-refractivity contribution in [2.24, 2.45) is 5.92 Å². The zero-order valence-electron chi connectivity index (χ0n) is 12.6. The molecule has 1 aromatic carbocycles. The first-order chi connectivity index (χ1) is 10.3. The summed E-state index contributed by atoms with van der Waals surface area (Å²) in [4.78, 5) is 0. The fourth-order valence-corrected chi connectivity index (χ4v) is 3.10. The van der Waals surface area contributed by atoms with Crippen LogP contribution in [0.1, 0.15) is 62.5 Å². The topological polar surface area (TPSA) is 35.9 Å². The van der Waals surface area contributed by atoms with Crippen molar-refractivity contribution >= 4 is 11.9 Å². The summed E-state index contributed by atoms with van der Waals surface area (Å²) in [5.74, 6) is 7.22. The molecule has 0 amide bonds. The monoisotopic (exact) mass is 280 g/mol. The maximum Gasteiger partial charge on any atom is 0.0432 e. The predicted octanol–water partition coefficient (Wildman–Crippen LogP) is 4.58. The standard InChI is InChI=1S/C19H24N2/c20-14-17-13-16(10-9-15-5-4-6-15)11-12-19(17)21-18-7-2-1-3-8-18/h11-15,18,20-21H,1-8H2. The molecule has 0 unspecified atom stereocenters. The van der Waals surface area contributed by atoms with E-state index >= 15 is 0 Å². The van der Waals surface area contributed by atoms with E-state index in [1.165, 1.54) is 57.6 Å². The summed E-state index contributed by atoms with van der Waals surface area (Å²) in [6, 6.07) is 6.80. The molecule has 3 rings (SSSR count). The van der Waals surface area contributed by atoms with Gasteiger partial charge in [-0.15, -0.1) is 0 Å². The average molecular weight is 280 g/mol. The fourth-order valence-electron chi connectivity index (χ4n) is 3.10. The van der Waals surface area contributed by atoms with Gasteiger partial charge in [0.1, 0.15) is 0 Å². The van der Waals surface area contributed by atoms with E-state index in [-0.39, 0.29) is 0 Å². The van der Waals surface area contributed by atoms with Crippen molar-refractivity contribution in [2.75, 3.05) is 5.32 Å². The lowest BCUT2D eigenvalue weighted by Crippen LogP contribution is -2.22. The van der Waals surface area contributed by atoms with Crippen molar-refractivity contribution in [3.05, 3.63) is 29.3 Å². The molecule has 2 aliphatic carbocycles. The van der Waals surface area contributed by atoms with E-state index in [0.717, 1.165) is 16.8 Å². The van der Waals surface area contributed by atoms with Crippen LogP contribution < -0.4 is 5.32 Å². The van der Waals surface area contributed by atoms with Crippen LogP contribution in [0.3, 0.4) is 0 Å². The van der Waals surface area contributed by atoms with E-state index in [1.807, 2.05) is 6.07 Å². The van der Waals surface area contributed by atoms with Crippen LogP contribution in [0, 0.1) is 23.2 Å². The van der Waals surface area contributed by atoms with Crippen molar-refractivity contribution in [1.82, 2.24) is 0 Å². The highest BCUT2D eigenvalue weighted by Gasteiger charge is 2.15. The summed E-state index contributed by atoms with van der Waals surface area (Å²) in [6.45, 7) is 0. The smallest absolute Gasteiger partial charge is 0.0432 e. The molecule has 0 aliphatic heterocycles. The summed E-state index contributed by atoms with van der Waals surface area (Å²) in [6.07, 6.45) is 11.8. The number of anilines is 1. The summed E-state index contributed by atoms with van der Waals surface area (Å²) in [7, 11) is 0. The van der Waals surface area contributed by atoms with E-state index in [0.29, 0.717) is 12.0 Å². The Morgan fingerprint density at radius 1 is 1.05 bits per heavy atom. The molecule has 2 N–H and O–H groups in total. The predicted molar refractivity (Wildman–Crippen MR) is 89.0 cm³/mol. The minimum absolute atomic E-state index is 0.573. The molecule has 0 spiro atoms. The largest absolute Gasteiger partial charge is 0.382 e. The Balaban J connectivity index is 1.71. The van der Waals surface area contributed by atoms with E-state index in [1.54, 1.807) is 0 Å². The second-order valence-electron chi connectivity index (χ2n) is 6.32. The third-order valence-corrected chi connectivity index (χ3v) is 4.70. The molecule has 2 heteroatoms. The molecule has 21 heavy (non-hydrogen) atoms. The number of benzene rings is 1. The Kier molecular flexibility index (Phi) is 4.60. The van der Waals surface area contributed by atoms with Gasteiger partial charge in [-0.05, 0) is 43.9 Å². The molecule has 2 aliphatic rings. The van der Waals surface area contributed by atoms with Crippen LogP contribution in [0.15, 0.2) is 18.2 Å². The Morgan fingerprint density at radius 3 is 2.52 bits per heavy atom. The SMILES string of the molecule is N=Cc1cc(C#CC2CCC2)ccc1NC1CCCCC1. The Morgan fingerprint density at radius 2 is 1.86 bits per heavy atom. The minimum atomic E-state index is 0.573. The normalized spacial score (nSPS) is 19.2. The number of hydrogen-bond acceptors (Lipinski definition) is 2. The fraction of sp³-hybridized carbons (Fsp3) is 0.526. The van der Waals surface area contributed by atoms with Gasteiger partial charge in [-0.25, -0.2) is 0 Å². The number of hydrogen-bond donors (Lipinski definition) is 2. The van der Waals surface area contributed by atoms with Gasteiger partial charge in [-0.1, -0.05) is 37.5 Å². The lowest BCUT2D eigenvalue weighted by molar-refractivity contribution is 0.401. The molecule has 0 heterocycles. The second-order valence-corrected chi connectivity index (χ2v) is 6.32. The van der Waals surface area contributed by atoms with Crippen LogP contribution in [0.25, 0.3) is 0 Å². The minimum Gasteiger partial charge on any atom is -0.382 e. The summed E-state index contributed by atoms with van der Waals surface area (Å²) < 4.78 is 0. The van der Waals surface area contributed by atoms with Crippen LogP contribution in [0.4, 0.5) is 5.69 Å². The number of nitrogens with one attached hydrogen (secondary N) is 2. The number of rotatable bonds is 3.